The summed E-state index contributed by atoms with van der Waals surface area (Å²) in [5.74, 6) is -1.63. The summed E-state index contributed by atoms with van der Waals surface area (Å²) in [7, 11) is 0. The van der Waals surface area contributed by atoms with Gasteiger partial charge in [-0.2, -0.15) is 13.2 Å². The molecule has 1 aliphatic rings. The Hall–Kier alpha value is -1.56. The van der Waals surface area contributed by atoms with Crippen molar-refractivity contribution >= 4 is 5.97 Å². The molecule has 1 aromatic rings. The minimum absolute atomic E-state index is 0.0354. The first-order valence-corrected chi connectivity index (χ1v) is 5.85. The van der Waals surface area contributed by atoms with Gasteiger partial charge in [-0.25, -0.2) is 0 Å². The van der Waals surface area contributed by atoms with Gasteiger partial charge in [-0.3, -0.25) is 4.79 Å². The van der Waals surface area contributed by atoms with Crippen molar-refractivity contribution in [1.29, 1.82) is 0 Å². The minimum atomic E-state index is -4.42. The Bertz CT molecular complexity index is 481. The van der Waals surface area contributed by atoms with Gasteiger partial charge in [-0.05, 0) is 37.0 Å². The number of carboxylic acids is 1. The molecule has 6 heteroatoms. The summed E-state index contributed by atoms with van der Waals surface area (Å²) in [6, 6.07) is 4.24. The van der Waals surface area contributed by atoms with Crippen LogP contribution in [-0.2, 0) is 16.6 Å². The van der Waals surface area contributed by atoms with E-state index < -0.39 is 29.2 Å². The molecule has 19 heavy (non-hydrogen) atoms. The predicted molar refractivity (Wildman–Crippen MR) is 60.3 cm³/mol. The molecule has 0 amide bonds. The van der Waals surface area contributed by atoms with Gasteiger partial charge in [0.05, 0.1) is 17.1 Å². The van der Waals surface area contributed by atoms with Gasteiger partial charge >= 0.3 is 12.1 Å². The average molecular weight is 274 g/mol. The second kappa shape index (κ2) is 4.52. The summed E-state index contributed by atoms with van der Waals surface area (Å²) in [4.78, 5) is 10.8. The molecule has 0 heterocycles. The molecular weight excluding hydrogens is 261 g/mol. The lowest BCUT2D eigenvalue weighted by molar-refractivity contribution is -0.142. The van der Waals surface area contributed by atoms with E-state index in [1.54, 1.807) is 0 Å². The molecule has 1 aliphatic carbocycles. The van der Waals surface area contributed by atoms with Crippen LogP contribution in [0.5, 0.6) is 0 Å². The lowest BCUT2D eigenvalue weighted by Gasteiger charge is -2.23. The van der Waals surface area contributed by atoms with E-state index in [4.69, 9.17) is 5.11 Å². The van der Waals surface area contributed by atoms with Gasteiger partial charge in [0, 0.05) is 0 Å². The van der Waals surface area contributed by atoms with Crippen LogP contribution in [0.15, 0.2) is 24.3 Å². The van der Waals surface area contributed by atoms with Crippen LogP contribution >= 0.6 is 0 Å². The van der Waals surface area contributed by atoms with Crippen LogP contribution in [0.25, 0.3) is 0 Å². The van der Waals surface area contributed by atoms with Crippen LogP contribution in [0.3, 0.4) is 0 Å². The molecule has 0 spiro atoms. The third-order valence-electron chi connectivity index (χ3n) is 3.59. The van der Waals surface area contributed by atoms with E-state index in [2.05, 4.69) is 0 Å². The fraction of sp³-hybridized carbons (Fsp3) is 0.462. The van der Waals surface area contributed by atoms with Crippen molar-refractivity contribution in [3.05, 3.63) is 35.4 Å². The van der Waals surface area contributed by atoms with Crippen molar-refractivity contribution in [1.82, 2.24) is 0 Å². The number of benzene rings is 1. The monoisotopic (exact) mass is 274 g/mol. The van der Waals surface area contributed by atoms with E-state index in [0.29, 0.717) is 12.0 Å². The standard InChI is InChI=1S/C13H13F3O3/c14-13(15,16)10-3-1-9(2-4-10)12(19)6-5-8(7-12)11(17)18/h1-4,8,19H,5-7H2,(H,17,18). The van der Waals surface area contributed by atoms with Crippen molar-refractivity contribution in [2.75, 3.05) is 0 Å². The van der Waals surface area contributed by atoms with Crippen molar-refractivity contribution in [3.63, 3.8) is 0 Å². The molecule has 1 fully saturated rings. The maximum absolute atomic E-state index is 12.4. The van der Waals surface area contributed by atoms with Crippen LogP contribution < -0.4 is 0 Å². The molecule has 1 saturated carbocycles. The first-order valence-electron chi connectivity index (χ1n) is 5.85. The lowest BCUT2D eigenvalue weighted by atomic mass is 9.90. The van der Waals surface area contributed by atoms with Crippen molar-refractivity contribution in [2.24, 2.45) is 5.92 Å². The first-order chi connectivity index (χ1) is 8.72. The molecule has 0 saturated heterocycles. The molecular formula is C13H13F3O3. The molecule has 2 N–H and O–H groups in total. The number of aliphatic carboxylic acids is 1. The highest BCUT2D eigenvalue weighted by Crippen LogP contribution is 2.42. The van der Waals surface area contributed by atoms with Gasteiger partial charge in [0.25, 0.3) is 0 Å². The molecule has 1 aromatic carbocycles. The second-order valence-corrected chi connectivity index (χ2v) is 4.88. The van der Waals surface area contributed by atoms with E-state index in [0.717, 1.165) is 12.1 Å². The Morgan fingerprint density at radius 1 is 1.26 bits per heavy atom. The van der Waals surface area contributed by atoms with Crippen LogP contribution in [-0.4, -0.2) is 16.2 Å². The van der Waals surface area contributed by atoms with Crippen LogP contribution in [0.1, 0.15) is 30.4 Å². The fourth-order valence-corrected chi connectivity index (χ4v) is 2.47. The SMILES string of the molecule is O=C(O)C1CCC(O)(c2ccc(C(F)(F)F)cc2)C1. The van der Waals surface area contributed by atoms with E-state index in [-0.39, 0.29) is 12.8 Å². The summed E-state index contributed by atoms with van der Waals surface area (Å²) >= 11 is 0. The number of halogens is 3. The van der Waals surface area contributed by atoms with Gasteiger partial charge in [-0.15, -0.1) is 0 Å². The first kappa shape index (κ1) is 13.9. The normalized spacial score (nSPS) is 27.5. The highest BCUT2D eigenvalue weighted by Gasteiger charge is 2.42. The maximum Gasteiger partial charge on any atom is 0.416 e. The van der Waals surface area contributed by atoms with Crippen molar-refractivity contribution < 1.29 is 28.2 Å². The maximum atomic E-state index is 12.4. The molecule has 0 bridgehead atoms. The molecule has 104 valence electrons. The zero-order valence-corrected chi connectivity index (χ0v) is 9.94. The summed E-state index contributed by atoms with van der Waals surface area (Å²) < 4.78 is 37.3. The highest BCUT2D eigenvalue weighted by molar-refractivity contribution is 5.70. The van der Waals surface area contributed by atoms with Gasteiger partial charge in [0.15, 0.2) is 0 Å². The molecule has 2 rings (SSSR count). The Morgan fingerprint density at radius 2 is 1.84 bits per heavy atom. The zero-order chi connectivity index (χ0) is 14.3. The number of hydrogen-bond donors (Lipinski definition) is 2. The van der Waals surface area contributed by atoms with E-state index >= 15 is 0 Å². The van der Waals surface area contributed by atoms with E-state index in [1.807, 2.05) is 0 Å². The van der Waals surface area contributed by atoms with Gasteiger partial charge in [0.2, 0.25) is 0 Å². The van der Waals surface area contributed by atoms with Gasteiger partial charge in [-0.1, -0.05) is 12.1 Å². The zero-order valence-electron chi connectivity index (χ0n) is 9.94. The van der Waals surface area contributed by atoms with Gasteiger partial charge < -0.3 is 10.2 Å². The summed E-state index contributed by atoms with van der Waals surface area (Å²) in [5.41, 5.74) is -1.79. The average Bonchev–Trinajstić information content (AvgIpc) is 2.73. The number of hydrogen-bond acceptors (Lipinski definition) is 2. The van der Waals surface area contributed by atoms with Crippen LogP contribution in [0.4, 0.5) is 13.2 Å². The Morgan fingerprint density at radius 3 is 2.26 bits per heavy atom. The third kappa shape index (κ3) is 2.73. The molecule has 3 nitrogen and oxygen atoms in total. The third-order valence-corrected chi connectivity index (χ3v) is 3.59. The summed E-state index contributed by atoms with van der Waals surface area (Å²) in [5, 5.41) is 19.2. The molecule has 0 aromatic heterocycles. The van der Waals surface area contributed by atoms with E-state index in [9.17, 15) is 23.1 Å². The Balaban J connectivity index is 2.21. The topological polar surface area (TPSA) is 57.5 Å². The Labute approximate surface area is 107 Å². The van der Waals surface area contributed by atoms with Crippen molar-refractivity contribution in [2.45, 2.75) is 31.0 Å². The smallest absolute Gasteiger partial charge is 0.416 e. The van der Waals surface area contributed by atoms with Crippen molar-refractivity contribution in [3.8, 4) is 0 Å². The number of carbonyl (C=O) groups is 1. The second-order valence-electron chi connectivity index (χ2n) is 4.88. The number of alkyl halides is 3. The number of aliphatic hydroxyl groups is 1. The molecule has 0 radical (unpaired) electrons. The number of rotatable bonds is 2. The predicted octanol–water partition coefficient (Wildman–Crippen LogP) is 2.78. The number of carboxylic acid groups (broad SMARTS) is 1. The fourth-order valence-electron chi connectivity index (χ4n) is 2.47. The summed E-state index contributed by atoms with van der Waals surface area (Å²) in [6.45, 7) is 0. The molecule has 0 aliphatic heterocycles. The minimum Gasteiger partial charge on any atom is -0.481 e. The Kier molecular flexibility index (Phi) is 3.30. The summed E-state index contributed by atoms with van der Waals surface area (Å²) in [6.07, 6.45) is -3.81. The molecule has 2 unspecified atom stereocenters. The largest absolute Gasteiger partial charge is 0.481 e. The van der Waals surface area contributed by atoms with Gasteiger partial charge in [0.1, 0.15) is 0 Å². The van der Waals surface area contributed by atoms with Crippen LogP contribution in [0.2, 0.25) is 0 Å². The van der Waals surface area contributed by atoms with E-state index in [1.165, 1.54) is 12.1 Å². The molecule has 2 atom stereocenters. The van der Waals surface area contributed by atoms with Crippen LogP contribution in [0, 0.1) is 5.92 Å². The quantitative estimate of drug-likeness (QED) is 0.871. The lowest BCUT2D eigenvalue weighted by Crippen LogP contribution is -2.23. The highest BCUT2D eigenvalue weighted by atomic mass is 19.4.